The monoisotopic (exact) mass is 346 g/mol. The Morgan fingerprint density at radius 3 is 2.80 bits per heavy atom. The maximum atomic E-state index is 5.47. The van der Waals surface area contributed by atoms with Crippen LogP contribution in [0, 0.1) is 13.8 Å². The number of hydrogen-bond donors (Lipinski definition) is 0. The zero-order valence-electron chi connectivity index (χ0n) is 13.7. The van der Waals surface area contributed by atoms with Gasteiger partial charge in [-0.25, -0.2) is 4.98 Å². The van der Waals surface area contributed by atoms with Crippen LogP contribution >= 0.6 is 11.3 Å². The molecule has 0 aliphatic heterocycles. The number of furan rings is 1. The first-order chi connectivity index (χ1) is 12.2. The van der Waals surface area contributed by atoms with Crippen LogP contribution in [0.4, 0.5) is 0 Å². The van der Waals surface area contributed by atoms with E-state index in [2.05, 4.69) is 52.6 Å². The highest BCUT2D eigenvalue weighted by Crippen LogP contribution is 2.36. The number of fused-ring (bicyclic) bond motifs is 3. The van der Waals surface area contributed by atoms with Gasteiger partial charge in [-0.3, -0.25) is 4.40 Å². The zero-order valence-corrected chi connectivity index (χ0v) is 14.5. The smallest absolute Gasteiger partial charge is 0.205 e. The van der Waals surface area contributed by atoms with E-state index in [1.807, 2.05) is 16.5 Å². The fraction of sp³-hybridized carbons (Fsp3) is 0.105. The Morgan fingerprint density at radius 1 is 1.08 bits per heavy atom. The molecule has 0 bridgehead atoms. The van der Waals surface area contributed by atoms with Crippen molar-refractivity contribution in [2.24, 2.45) is 0 Å². The molecule has 5 rings (SSSR count). The van der Waals surface area contributed by atoms with E-state index >= 15 is 0 Å². The second kappa shape index (κ2) is 5.26. The second-order valence-corrected chi connectivity index (χ2v) is 6.93. The topological polar surface area (TPSA) is 56.2 Å². The summed E-state index contributed by atoms with van der Waals surface area (Å²) >= 11 is 1.62. The number of aryl methyl sites for hydroxylation is 2. The number of rotatable bonds is 2. The molecule has 0 saturated carbocycles. The fourth-order valence-electron chi connectivity index (χ4n) is 3.04. The van der Waals surface area contributed by atoms with Gasteiger partial charge in [0.15, 0.2) is 11.4 Å². The van der Waals surface area contributed by atoms with Crippen LogP contribution in [-0.4, -0.2) is 19.6 Å². The van der Waals surface area contributed by atoms with Gasteiger partial charge < -0.3 is 4.42 Å². The Kier molecular flexibility index (Phi) is 3.02. The minimum Gasteiger partial charge on any atom is -0.461 e. The molecule has 4 aromatic heterocycles. The number of thiophene rings is 1. The quantitative estimate of drug-likeness (QED) is 0.457. The van der Waals surface area contributed by atoms with E-state index in [0.29, 0.717) is 11.6 Å². The normalized spacial score (nSPS) is 11.6. The van der Waals surface area contributed by atoms with Crippen molar-refractivity contribution in [3.05, 3.63) is 59.4 Å². The molecule has 122 valence electrons. The van der Waals surface area contributed by atoms with Crippen molar-refractivity contribution in [3.8, 4) is 22.7 Å². The van der Waals surface area contributed by atoms with Gasteiger partial charge in [0.2, 0.25) is 5.82 Å². The van der Waals surface area contributed by atoms with Crippen LogP contribution in [0.3, 0.4) is 0 Å². The molecule has 1 aromatic carbocycles. The third-order valence-corrected chi connectivity index (χ3v) is 5.43. The number of nitrogens with zero attached hydrogens (tertiary/aromatic N) is 4. The van der Waals surface area contributed by atoms with Crippen LogP contribution in [0.5, 0.6) is 0 Å². The van der Waals surface area contributed by atoms with E-state index in [1.54, 1.807) is 23.9 Å². The minimum atomic E-state index is 0.659. The van der Waals surface area contributed by atoms with Crippen LogP contribution in [0.1, 0.15) is 11.1 Å². The largest absolute Gasteiger partial charge is 0.461 e. The first-order valence-corrected chi connectivity index (χ1v) is 8.83. The standard InChI is InChI=1S/C19H14N4OS/c1-11-5-6-13(8-12(11)2)14-9-25-19-16(14)18-22-21-17(23(18)10-20-19)15-4-3-7-24-15/h3-10H,1-2H3. The zero-order chi connectivity index (χ0) is 17.0. The third-order valence-electron chi connectivity index (χ3n) is 4.54. The molecule has 5 nitrogen and oxygen atoms in total. The summed E-state index contributed by atoms with van der Waals surface area (Å²) in [6, 6.07) is 10.2. The van der Waals surface area contributed by atoms with E-state index in [9.17, 15) is 0 Å². The molecule has 5 aromatic rings. The summed E-state index contributed by atoms with van der Waals surface area (Å²) in [6.07, 6.45) is 3.39. The van der Waals surface area contributed by atoms with Gasteiger partial charge in [-0.2, -0.15) is 0 Å². The lowest BCUT2D eigenvalue weighted by atomic mass is 10.0. The van der Waals surface area contributed by atoms with Gasteiger partial charge in [-0.1, -0.05) is 18.2 Å². The molecule has 0 fully saturated rings. The van der Waals surface area contributed by atoms with Crippen LogP contribution < -0.4 is 0 Å². The van der Waals surface area contributed by atoms with Crippen LogP contribution in [0.15, 0.2) is 52.7 Å². The Bertz CT molecular complexity index is 1220. The van der Waals surface area contributed by atoms with Crippen molar-refractivity contribution in [2.75, 3.05) is 0 Å². The molecule has 0 aliphatic carbocycles. The first-order valence-electron chi connectivity index (χ1n) is 7.95. The molecule has 25 heavy (non-hydrogen) atoms. The highest BCUT2D eigenvalue weighted by molar-refractivity contribution is 7.17. The lowest BCUT2D eigenvalue weighted by Crippen LogP contribution is -1.91. The molecule has 0 radical (unpaired) electrons. The van der Waals surface area contributed by atoms with Gasteiger partial charge in [0.25, 0.3) is 0 Å². The van der Waals surface area contributed by atoms with Crippen LogP contribution in [0.25, 0.3) is 38.6 Å². The van der Waals surface area contributed by atoms with Gasteiger partial charge in [-0.15, -0.1) is 21.5 Å². The molecular formula is C19H14N4OS. The second-order valence-electron chi connectivity index (χ2n) is 6.07. The minimum absolute atomic E-state index is 0.659. The van der Waals surface area contributed by atoms with Crippen molar-refractivity contribution in [1.82, 2.24) is 19.6 Å². The average molecular weight is 346 g/mol. The Morgan fingerprint density at radius 2 is 2.00 bits per heavy atom. The van der Waals surface area contributed by atoms with Gasteiger partial charge in [0.05, 0.1) is 11.6 Å². The Balaban J connectivity index is 1.81. The Labute approximate surface area is 147 Å². The highest BCUT2D eigenvalue weighted by Gasteiger charge is 2.17. The van der Waals surface area contributed by atoms with Crippen molar-refractivity contribution < 1.29 is 4.42 Å². The fourth-order valence-corrected chi connectivity index (χ4v) is 3.95. The Hall–Kier alpha value is -2.99. The van der Waals surface area contributed by atoms with E-state index in [1.165, 1.54) is 16.7 Å². The summed E-state index contributed by atoms with van der Waals surface area (Å²) in [5.41, 5.74) is 5.67. The maximum absolute atomic E-state index is 5.47. The predicted octanol–water partition coefficient (Wildman–Crippen LogP) is 4.88. The molecule has 0 N–H and O–H groups in total. The summed E-state index contributed by atoms with van der Waals surface area (Å²) in [4.78, 5) is 5.56. The molecule has 0 amide bonds. The van der Waals surface area contributed by atoms with E-state index in [4.69, 9.17) is 4.42 Å². The molecule has 0 aliphatic rings. The third kappa shape index (κ3) is 2.11. The van der Waals surface area contributed by atoms with E-state index in [-0.39, 0.29) is 0 Å². The molecule has 0 saturated heterocycles. The van der Waals surface area contributed by atoms with Gasteiger partial charge in [0, 0.05) is 10.9 Å². The van der Waals surface area contributed by atoms with Crippen LogP contribution in [0.2, 0.25) is 0 Å². The molecule has 0 spiro atoms. The SMILES string of the molecule is Cc1ccc(-c2csc3ncn4c(-c5ccco5)nnc4c23)cc1C. The number of hydrogen-bond acceptors (Lipinski definition) is 5. The molecular weight excluding hydrogens is 332 g/mol. The molecule has 0 unspecified atom stereocenters. The first kappa shape index (κ1) is 14.4. The molecule has 6 heteroatoms. The highest BCUT2D eigenvalue weighted by atomic mass is 32.1. The summed E-state index contributed by atoms with van der Waals surface area (Å²) < 4.78 is 7.36. The number of aromatic nitrogens is 4. The summed E-state index contributed by atoms with van der Waals surface area (Å²) in [7, 11) is 0. The summed E-state index contributed by atoms with van der Waals surface area (Å²) in [5.74, 6) is 1.34. The lowest BCUT2D eigenvalue weighted by Gasteiger charge is -2.05. The molecule has 0 atom stereocenters. The summed E-state index contributed by atoms with van der Waals surface area (Å²) in [6.45, 7) is 4.26. The number of benzene rings is 1. The van der Waals surface area contributed by atoms with E-state index < -0.39 is 0 Å². The molecule has 4 heterocycles. The van der Waals surface area contributed by atoms with Crippen LogP contribution in [-0.2, 0) is 0 Å². The lowest BCUT2D eigenvalue weighted by molar-refractivity contribution is 0.576. The van der Waals surface area contributed by atoms with Gasteiger partial charge >= 0.3 is 0 Å². The van der Waals surface area contributed by atoms with Crippen molar-refractivity contribution in [1.29, 1.82) is 0 Å². The summed E-state index contributed by atoms with van der Waals surface area (Å²) in [5, 5.41) is 11.9. The van der Waals surface area contributed by atoms with Crippen molar-refractivity contribution >= 4 is 27.2 Å². The van der Waals surface area contributed by atoms with E-state index in [0.717, 1.165) is 21.4 Å². The van der Waals surface area contributed by atoms with Crippen molar-refractivity contribution in [3.63, 3.8) is 0 Å². The van der Waals surface area contributed by atoms with Gasteiger partial charge in [0.1, 0.15) is 11.2 Å². The average Bonchev–Trinajstić information content (AvgIpc) is 3.34. The maximum Gasteiger partial charge on any atom is 0.205 e. The van der Waals surface area contributed by atoms with Gasteiger partial charge in [-0.05, 0) is 42.7 Å². The van der Waals surface area contributed by atoms with Crippen molar-refractivity contribution in [2.45, 2.75) is 13.8 Å². The predicted molar refractivity (Wildman–Crippen MR) is 98.8 cm³/mol.